The number of amides is 1. The zero-order chi connectivity index (χ0) is 24.6. The number of ether oxygens (including phenoxy) is 3. The van der Waals surface area contributed by atoms with E-state index < -0.39 is 29.6 Å². The van der Waals surface area contributed by atoms with E-state index in [-0.39, 0.29) is 38.5 Å². The second kappa shape index (κ2) is 11.6. The fourth-order valence-corrected chi connectivity index (χ4v) is 3.46. The molecule has 1 fully saturated rings. The summed E-state index contributed by atoms with van der Waals surface area (Å²) in [5.41, 5.74) is 1.33. The summed E-state index contributed by atoms with van der Waals surface area (Å²) in [5.74, 6) is -4.53. The van der Waals surface area contributed by atoms with E-state index in [0.29, 0.717) is 19.4 Å². The molecule has 0 atom stereocenters. The van der Waals surface area contributed by atoms with Crippen molar-refractivity contribution < 1.29 is 32.6 Å². The van der Waals surface area contributed by atoms with E-state index >= 15 is 0 Å². The van der Waals surface area contributed by atoms with Gasteiger partial charge in [0.05, 0.1) is 25.2 Å². The number of halogens is 2. The smallest absolute Gasteiger partial charge is 0.328 e. The van der Waals surface area contributed by atoms with Gasteiger partial charge in [0.25, 0.3) is 5.91 Å². The highest BCUT2D eigenvalue weighted by atomic mass is 19.3. The zero-order valence-electron chi connectivity index (χ0n) is 20.0. The summed E-state index contributed by atoms with van der Waals surface area (Å²) in [6.45, 7) is 11.9. The molecule has 1 aliphatic heterocycles. The molecule has 0 radical (unpaired) electrons. The summed E-state index contributed by atoms with van der Waals surface area (Å²) in [6.07, 6.45) is 0.276. The number of hydrogen-bond acceptors (Lipinski definition) is 5. The average molecular weight is 468 g/mol. The molecule has 8 heteroatoms. The van der Waals surface area contributed by atoms with Gasteiger partial charge >= 0.3 is 11.9 Å². The van der Waals surface area contributed by atoms with E-state index in [1.165, 1.54) is 0 Å². The van der Waals surface area contributed by atoms with Crippen molar-refractivity contribution in [2.24, 2.45) is 5.41 Å². The fourth-order valence-electron chi connectivity index (χ4n) is 3.46. The van der Waals surface area contributed by atoms with Crippen molar-refractivity contribution in [2.75, 3.05) is 39.5 Å². The molecule has 0 unspecified atom stereocenters. The number of alkyl halides is 2. The van der Waals surface area contributed by atoms with Crippen LogP contribution in [0.1, 0.15) is 44.2 Å². The van der Waals surface area contributed by atoms with Gasteiger partial charge in [-0.3, -0.25) is 9.59 Å². The first kappa shape index (κ1) is 26.8. The molecule has 0 saturated carbocycles. The van der Waals surface area contributed by atoms with Crippen molar-refractivity contribution in [2.45, 2.75) is 52.9 Å². The third kappa shape index (κ3) is 8.11. The van der Waals surface area contributed by atoms with Crippen LogP contribution in [0.25, 0.3) is 0 Å². The Morgan fingerprint density at radius 2 is 1.85 bits per heavy atom. The lowest BCUT2D eigenvalue weighted by atomic mass is 9.88. The number of nitrogens with zero attached hydrogens (tertiary/aromatic N) is 1. The Kier molecular flexibility index (Phi) is 9.40. The van der Waals surface area contributed by atoms with Gasteiger partial charge in [-0.15, -0.1) is 0 Å². The Morgan fingerprint density at radius 3 is 2.52 bits per heavy atom. The van der Waals surface area contributed by atoms with Gasteiger partial charge in [-0.05, 0) is 63.3 Å². The summed E-state index contributed by atoms with van der Waals surface area (Å²) in [4.78, 5) is 25.7. The predicted octanol–water partition coefficient (Wildman–Crippen LogP) is 4.47. The minimum atomic E-state index is -3.60. The van der Waals surface area contributed by atoms with Gasteiger partial charge in [0.1, 0.15) is 12.4 Å². The van der Waals surface area contributed by atoms with Gasteiger partial charge in [0, 0.05) is 19.5 Å². The molecule has 1 aromatic carbocycles. The molecule has 0 N–H and O–H groups in total. The third-order valence-electron chi connectivity index (χ3n) is 5.59. The number of benzene rings is 1. The normalized spacial score (nSPS) is 14.7. The second-order valence-electron chi connectivity index (χ2n) is 9.22. The molecule has 1 amide bonds. The largest absolute Gasteiger partial charge is 0.493 e. The zero-order valence-corrected chi connectivity index (χ0v) is 20.0. The van der Waals surface area contributed by atoms with Crippen LogP contribution in [0.5, 0.6) is 5.75 Å². The number of esters is 1. The molecular formula is C25H35F2NO5. The molecule has 0 aliphatic carbocycles. The van der Waals surface area contributed by atoms with Crippen LogP contribution in [0.15, 0.2) is 30.4 Å². The van der Waals surface area contributed by atoms with Crippen LogP contribution in [0.4, 0.5) is 8.78 Å². The lowest BCUT2D eigenvalue weighted by molar-refractivity contribution is -0.161. The Morgan fingerprint density at radius 1 is 1.18 bits per heavy atom. The minimum absolute atomic E-state index is 0.0102. The maximum atomic E-state index is 14.4. The first-order chi connectivity index (χ1) is 15.4. The van der Waals surface area contributed by atoms with Crippen LogP contribution in [0, 0.1) is 19.3 Å². The van der Waals surface area contributed by atoms with E-state index in [9.17, 15) is 18.4 Å². The fraction of sp³-hybridized carbons (Fsp3) is 0.600. The highest BCUT2D eigenvalue weighted by Crippen LogP contribution is 2.28. The Labute approximate surface area is 194 Å². The molecule has 33 heavy (non-hydrogen) atoms. The van der Waals surface area contributed by atoms with Gasteiger partial charge in [-0.2, -0.15) is 8.78 Å². The number of rotatable bonds is 11. The third-order valence-corrected chi connectivity index (χ3v) is 5.59. The lowest BCUT2D eigenvalue weighted by Gasteiger charge is -2.30. The molecule has 1 heterocycles. The van der Waals surface area contributed by atoms with E-state index in [0.717, 1.165) is 21.8 Å². The number of aryl methyl sites for hydroxylation is 2. The van der Waals surface area contributed by atoms with E-state index in [4.69, 9.17) is 14.2 Å². The van der Waals surface area contributed by atoms with Gasteiger partial charge in [0.15, 0.2) is 0 Å². The van der Waals surface area contributed by atoms with Crippen LogP contribution in [-0.2, 0) is 19.1 Å². The molecule has 0 aromatic heterocycles. The number of hydrogen-bond donors (Lipinski definition) is 0. The minimum Gasteiger partial charge on any atom is -0.493 e. The maximum Gasteiger partial charge on any atom is 0.328 e. The van der Waals surface area contributed by atoms with Crippen LogP contribution >= 0.6 is 0 Å². The number of morpholine rings is 1. The van der Waals surface area contributed by atoms with Crippen molar-refractivity contribution in [1.29, 1.82) is 0 Å². The lowest BCUT2D eigenvalue weighted by Crippen LogP contribution is -2.48. The molecule has 0 bridgehead atoms. The van der Waals surface area contributed by atoms with Gasteiger partial charge in [-0.25, -0.2) is 0 Å². The first-order valence-corrected chi connectivity index (χ1v) is 11.2. The molecule has 6 nitrogen and oxygen atoms in total. The second-order valence-corrected chi connectivity index (χ2v) is 9.22. The predicted molar refractivity (Wildman–Crippen MR) is 121 cm³/mol. The summed E-state index contributed by atoms with van der Waals surface area (Å²) in [7, 11) is 0. The monoisotopic (exact) mass is 467 g/mol. The molecular weight excluding hydrogens is 432 g/mol. The molecule has 0 spiro atoms. The van der Waals surface area contributed by atoms with Crippen molar-refractivity contribution >= 4 is 11.9 Å². The van der Waals surface area contributed by atoms with Crippen LogP contribution in [0.2, 0.25) is 0 Å². The average Bonchev–Trinajstić information content (AvgIpc) is 2.77. The van der Waals surface area contributed by atoms with Gasteiger partial charge < -0.3 is 19.1 Å². The van der Waals surface area contributed by atoms with Crippen molar-refractivity contribution in [3.05, 3.63) is 41.5 Å². The summed E-state index contributed by atoms with van der Waals surface area (Å²) < 4.78 is 44.9. The maximum absolute atomic E-state index is 14.4. The number of carbonyl (C=O) groups is 2. The van der Waals surface area contributed by atoms with Crippen molar-refractivity contribution in [3.8, 4) is 5.75 Å². The first-order valence-electron chi connectivity index (χ1n) is 11.2. The Balaban J connectivity index is 1.75. The Hall–Kier alpha value is -2.48. The molecule has 1 aliphatic rings. The molecule has 184 valence electrons. The van der Waals surface area contributed by atoms with Crippen LogP contribution < -0.4 is 4.74 Å². The summed E-state index contributed by atoms with van der Waals surface area (Å²) in [6, 6.07) is 5.99. The van der Waals surface area contributed by atoms with Gasteiger partial charge in [-0.1, -0.05) is 18.7 Å². The van der Waals surface area contributed by atoms with E-state index in [2.05, 4.69) is 6.58 Å². The quantitative estimate of drug-likeness (QED) is 0.273. The summed E-state index contributed by atoms with van der Waals surface area (Å²) >= 11 is 0. The number of carbonyl (C=O) groups excluding carboxylic acids is 2. The molecule has 1 saturated heterocycles. The molecule has 2 rings (SSSR count). The molecule has 1 aromatic rings. The Bertz CT molecular complexity index is 847. The van der Waals surface area contributed by atoms with Crippen LogP contribution in [-0.4, -0.2) is 62.2 Å². The highest BCUT2D eigenvalue weighted by Gasteiger charge is 2.43. The SMILES string of the molecule is C=C(COC(=O)C(C)(C)CCCOc1cc(C)ccc1C)CC(F)(F)C(=O)N1CCOCC1. The topological polar surface area (TPSA) is 65.1 Å². The van der Waals surface area contributed by atoms with Crippen LogP contribution in [0.3, 0.4) is 0 Å². The van der Waals surface area contributed by atoms with E-state index in [1.54, 1.807) is 13.8 Å². The van der Waals surface area contributed by atoms with Gasteiger partial charge in [0.2, 0.25) is 0 Å². The standard InChI is InChI=1S/C25H35F2NO5/c1-18-7-8-20(3)21(15-18)32-12-6-9-24(4,5)23(30)33-17-19(2)16-25(26,27)22(29)28-10-13-31-14-11-28/h7-8,15H,2,6,9-14,16-17H2,1,3-5H3. The van der Waals surface area contributed by atoms with Crippen molar-refractivity contribution in [1.82, 2.24) is 4.90 Å². The highest BCUT2D eigenvalue weighted by molar-refractivity contribution is 5.84. The van der Waals surface area contributed by atoms with Crippen molar-refractivity contribution in [3.63, 3.8) is 0 Å². The summed E-state index contributed by atoms with van der Waals surface area (Å²) in [5, 5.41) is 0. The van der Waals surface area contributed by atoms with E-state index in [1.807, 2.05) is 32.0 Å².